The van der Waals surface area contributed by atoms with Crippen LogP contribution in [0.2, 0.25) is 0 Å². The van der Waals surface area contributed by atoms with Gasteiger partial charge in [-0.15, -0.1) is 0 Å². The first kappa shape index (κ1) is 16.0. The van der Waals surface area contributed by atoms with Crippen LogP contribution >= 0.6 is 0 Å². The van der Waals surface area contributed by atoms with Gasteiger partial charge in [0.25, 0.3) is 0 Å². The summed E-state index contributed by atoms with van der Waals surface area (Å²) < 4.78 is 2.06. The normalized spacial score (nSPS) is 22.9. The molecule has 1 fully saturated rings. The van der Waals surface area contributed by atoms with Gasteiger partial charge in [0.15, 0.2) is 0 Å². The molecule has 0 aliphatic carbocycles. The van der Waals surface area contributed by atoms with E-state index in [1.165, 1.54) is 0 Å². The number of carbonyl (C=O) groups excluding carboxylic acids is 1. The SMILES string of the molecule is CC1Cn2cc(C[N+](=O)[O-])cc2CN1C(=O)C1CCN(C)CC1. The van der Waals surface area contributed by atoms with Gasteiger partial charge < -0.3 is 14.4 Å². The van der Waals surface area contributed by atoms with Crippen LogP contribution in [0.1, 0.15) is 31.0 Å². The summed E-state index contributed by atoms with van der Waals surface area (Å²) in [5.74, 6) is 0.363. The van der Waals surface area contributed by atoms with E-state index in [-0.39, 0.29) is 29.3 Å². The smallest absolute Gasteiger partial charge is 0.230 e. The average molecular weight is 320 g/mol. The second kappa shape index (κ2) is 6.31. The van der Waals surface area contributed by atoms with Gasteiger partial charge in [-0.1, -0.05) is 0 Å². The molecule has 2 aliphatic rings. The van der Waals surface area contributed by atoms with Crippen LogP contribution in [-0.2, 0) is 24.4 Å². The number of rotatable bonds is 3. The first-order chi connectivity index (χ1) is 10.9. The van der Waals surface area contributed by atoms with E-state index in [4.69, 9.17) is 0 Å². The zero-order valence-electron chi connectivity index (χ0n) is 13.8. The highest BCUT2D eigenvalue weighted by Crippen LogP contribution is 2.26. The van der Waals surface area contributed by atoms with Crippen molar-refractivity contribution in [3.63, 3.8) is 0 Å². The number of carbonyl (C=O) groups is 1. The third-order valence-corrected chi connectivity index (χ3v) is 5.03. The number of nitro groups is 1. The summed E-state index contributed by atoms with van der Waals surface area (Å²) in [7, 11) is 2.09. The summed E-state index contributed by atoms with van der Waals surface area (Å²) in [4.78, 5) is 27.4. The number of hydrogen-bond acceptors (Lipinski definition) is 4. The molecule has 126 valence electrons. The minimum absolute atomic E-state index is 0.119. The molecule has 0 spiro atoms. The van der Waals surface area contributed by atoms with Crippen molar-refractivity contribution in [1.29, 1.82) is 0 Å². The Bertz CT molecular complexity index is 604. The highest BCUT2D eigenvalue weighted by molar-refractivity contribution is 5.79. The van der Waals surface area contributed by atoms with Crippen LogP contribution in [0.5, 0.6) is 0 Å². The Morgan fingerprint density at radius 1 is 1.39 bits per heavy atom. The number of fused-ring (bicyclic) bond motifs is 1. The van der Waals surface area contributed by atoms with Crippen LogP contribution in [0.15, 0.2) is 12.3 Å². The Morgan fingerprint density at radius 2 is 2.09 bits per heavy atom. The van der Waals surface area contributed by atoms with Crippen LogP contribution in [0.4, 0.5) is 0 Å². The van der Waals surface area contributed by atoms with Gasteiger partial charge in [-0.25, -0.2) is 0 Å². The first-order valence-electron chi connectivity index (χ1n) is 8.23. The molecule has 1 aromatic heterocycles. The average Bonchev–Trinajstić information content (AvgIpc) is 2.86. The molecule has 7 nitrogen and oxygen atoms in total. The minimum atomic E-state index is -0.313. The van der Waals surface area contributed by atoms with Crippen molar-refractivity contribution in [2.75, 3.05) is 20.1 Å². The molecule has 2 aliphatic heterocycles. The van der Waals surface area contributed by atoms with Crippen molar-refractivity contribution in [3.8, 4) is 0 Å². The van der Waals surface area contributed by atoms with Gasteiger partial charge in [0.2, 0.25) is 12.5 Å². The fourth-order valence-electron chi connectivity index (χ4n) is 3.66. The first-order valence-corrected chi connectivity index (χ1v) is 8.23. The quantitative estimate of drug-likeness (QED) is 0.622. The molecular weight excluding hydrogens is 296 g/mol. The van der Waals surface area contributed by atoms with Crippen molar-refractivity contribution in [2.24, 2.45) is 5.92 Å². The van der Waals surface area contributed by atoms with Gasteiger partial charge >= 0.3 is 0 Å². The molecule has 3 heterocycles. The van der Waals surface area contributed by atoms with Crippen LogP contribution in [-0.4, -0.2) is 51.4 Å². The molecule has 1 atom stereocenters. The Balaban J connectivity index is 1.71. The molecule has 7 heteroatoms. The molecule has 1 unspecified atom stereocenters. The molecule has 0 N–H and O–H groups in total. The van der Waals surface area contributed by atoms with Crippen molar-refractivity contribution in [3.05, 3.63) is 33.6 Å². The van der Waals surface area contributed by atoms with Crippen LogP contribution < -0.4 is 0 Å². The molecule has 1 amide bonds. The number of amides is 1. The van der Waals surface area contributed by atoms with E-state index in [0.29, 0.717) is 18.7 Å². The summed E-state index contributed by atoms with van der Waals surface area (Å²) in [6, 6.07) is 1.99. The Morgan fingerprint density at radius 3 is 2.74 bits per heavy atom. The van der Waals surface area contributed by atoms with E-state index in [9.17, 15) is 14.9 Å². The van der Waals surface area contributed by atoms with Crippen LogP contribution in [0, 0.1) is 16.0 Å². The van der Waals surface area contributed by atoms with E-state index in [2.05, 4.69) is 23.4 Å². The Hall–Kier alpha value is -1.89. The third kappa shape index (κ3) is 3.39. The number of hydrogen-bond donors (Lipinski definition) is 0. The second-order valence-corrected chi connectivity index (χ2v) is 6.88. The maximum atomic E-state index is 12.9. The van der Waals surface area contributed by atoms with E-state index in [1.54, 1.807) is 0 Å². The maximum Gasteiger partial charge on any atom is 0.230 e. The summed E-state index contributed by atoms with van der Waals surface area (Å²) in [5.41, 5.74) is 1.71. The molecule has 1 aromatic rings. The van der Waals surface area contributed by atoms with Crippen LogP contribution in [0.25, 0.3) is 0 Å². The molecule has 0 bridgehead atoms. The lowest BCUT2D eigenvalue weighted by Gasteiger charge is -2.38. The number of nitrogens with zero attached hydrogens (tertiary/aromatic N) is 4. The van der Waals surface area contributed by atoms with Crippen molar-refractivity contribution < 1.29 is 9.72 Å². The van der Waals surface area contributed by atoms with Gasteiger partial charge in [0.1, 0.15) is 0 Å². The molecule has 0 saturated carbocycles. The molecular formula is C16H24N4O3. The molecule has 0 aromatic carbocycles. The largest absolute Gasteiger partial charge is 0.347 e. The lowest BCUT2D eigenvalue weighted by atomic mass is 9.94. The predicted molar refractivity (Wildman–Crippen MR) is 85.4 cm³/mol. The fraction of sp³-hybridized carbons (Fsp3) is 0.688. The lowest BCUT2D eigenvalue weighted by molar-refractivity contribution is -0.496. The van der Waals surface area contributed by atoms with E-state index in [0.717, 1.165) is 31.6 Å². The van der Waals surface area contributed by atoms with Gasteiger partial charge in [0, 0.05) is 40.9 Å². The molecule has 3 rings (SSSR count). The predicted octanol–water partition coefficient (Wildman–Crippen LogP) is 1.34. The molecule has 0 radical (unpaired) electrons. The zero-order valence-corrected chi connectivity index (χ0v) is 13.8. The zero-order chi connectivity index (χ0) is 16.6. The summed E-state index contributed by atoms with van der Waals surface area (Å²) in [5, 5.41) is 10.7. The molecule has 1 saturated heterocycles. The highest BCUT2D eigenvalue weighted by atomic mass is 16.6. The number of piperidine rings is 1. The van der Waals surface area contributed by atoms with Crippen molar-refractivity contribution in [2.45, 2.75) is 45.4 Å². The van der Waals surface area contributed by atoms with Crippen LogP contribution in [0.3, 0.4) is 0 Å². The lowest BCUT2D eigenvalue weighted by Crippen LogP contribution is -2.48. The molecule has 23 heavy (non-hydrogen) atoms. The third-order valence-electron chi connectivity index (χ3n) is 5.03. The van der Waals surface area contributed by atoms with E-state index < -0.39 is 0 Å². The summed E-state index contributed by atoms with van der Waals surface area (Å²) >= 11 is 0. The standard InChI is InChI=1S/C16H24N4O3/c1-12-8-18-9-13(10-20(22)23)7-15(18)11-19(12)16(21)14-3-5-17(2)6-4-14/h7,9,12,14H,3-6,8,10-11H2,1-2H3. The monoisotopic (exact) mass is 320 g/mol. The van der Waals surface area contributed by atoms with Gasteiger partial charge in [-0.3, -0.25) is 14.9 Å². The Labute approximate surface area is 136 Å². The van der Waals surface area contributed by atoms with Gasteiger partial charge in [-0.2, -0.15) is 0 Å². The minimum Gasteiger partial charge on any atom is -0.347 e. The second-order valence-electron chi connectivity index (χ2n) is 6.88. The fourth-order valence-corrected chi connectivity index (χ4v) is 3.66. The summed E-state index contributed by atoms with van der Waals surface area (Å²) in [6.45, 7) is 5.12. The van der Waals surface area contributed by atoms with Gasteiger partial charge in [0.05, 0.1) is 6.54 Å². The highest BCUT2D eigenvalue weighted by Gasteiger charge is 2.33. The van der Waals surface area contributed by atoms with E-state index >= 15 is 0 Å². The van der Waals surface area contributed by atoms with Gasteiger partial charge in [-0.05, 0) is 46.0 Å². The number of likely N-dealkylation sites (tertiary alicyclic amines) is 1. The Kier molecular flexibility index (Phi) is 4.39. The van der Waals surface area contributed by atoms with Crippen molar-refractivity contribution >= 4 is 5.91 Å². The van der Waals surface area contributed by atoms with Crippen molar-refractivity contribution in [1.82, 2.24) is 14.4 Å². The maximum absolute atomic E-state index is 12.9. The topological polar surface area (TPSA) is 71.6 Å². The van der Waals surface area contributed by atoms with E-state index in [1.807, 2.05) is 17.2 Å². The summed E-state index contributed by atoms with van der Waals surface area (Å²) in [6.07, 6.45) is 3.70. The number of aromatic nitrogens is 1.